The molecule has 0 aromatic heterocycles. The molecule has 3 fully saturated rings. The summed E-state index contributed by atoms with van der Waals surface area (Å²) < 4.78 is 12.1. The van der Waals surface area contributed by atoms with E-state index < -0.39 is 23.2 Å². The monoisotopic (exact) mass is 549 g/mol. The minimum absolute atomic E-state index is 0.0439. The highest BCUT2D eigenvalue weighted by Crippen LogP contribution is 2.37. The number of amides is 2. The quantitative estimate of drug-likeness (QED) is 0.460. The molecule has 2 saturated heterocycles. The van der Waals surface area contributed by atoms with E-state index in [0.29, 0.717) is 43.8 Å². The van der Waals surface area contributed by atoms with Gasteiger partial charge < -0.3 is 14.4 Å². The Morgan fingerprint density at radius 1 is 1.19 bits per heavy atom. The van der Waals surface area contributed by atoms with Gasteiger partial charge in [0.2, 0.25) is 0 Å². The largest absolute Gasteiger partial charge is 0.444 e. The van der Waals surface area contributed by atoms with E-state index in [4.69, 9.17) is 32.7 Å². The van der Waals surface area contributed by atoms with Crippen LogP contribution in [-0.4, -0.2) is 70.7 Å². The number of hydrogen-bond acceptors (Lipinski definition) is 5. The lowest BCUT2D eigenvalue weighted by Gasteiger charge is -2.46. The number of morpholine rings is 1. The smallest absolute Gasteiger partial charge is 0.410 e. The molecule has 0 bridgehead atoms. The Balaban J connectivity index is 1.45. The van der Waals surface area contributed by atoms with Gasteiger partial charge >= 0.3 is 6.09 Å². The molecular weight excluding hydrogens is 513 g/mol. The Morgan fingerprint density at radius 2 is 1.86 bits per heavy atom. The summed E-state index contributed by atoms with van der Waals surface area (Å²) >= 11 is 12.5. The van der Waals surface area contributed by atoms with Crippen LogP contribution >= 0.6 is 23.2 Å². The van der Waals surface area contributed by atoms with E-state index in [2.05, 4.69) is 6.07 Å². The number of rotatable bonds is 3. The highest BCUT2D eigenvalue weighted by atomic mass is 35.5. The van der Waals surface area contributed by atoms with Gasteiger partial charge in [-0.2, -0.15) is 5.26 Å². The van der Waals surface area contributed by atoms with Crippen LogP contribution in [0, 0.1) is 16.7 Å². The van der Waals surface area contributed by atoms with Crippen LogP contribution in [-0.2, 0) is 20.7 Å². The summed E-state index contributed by atoms with van der Waals surface area (Å²) in [6, 6.07) is 9.90. The second kappa shape index (κ2) is 11.4. The average molecular weight is 551 g/mol. The number of carbonyl (C=O) groups is 2. The van der Waals surface area contributed by atoms with E-state index in [-0.39, 0.29) is 30.0 Å². The number of nitriles is 1. The van der Waals surface area contributed by atoms with Gasteiger partial charge in [-0.1, -0.05) is 23.7 Å². The van der Waals surface area contributed by atoms with Gasteiger partial charge in [-0.15, -0.1) is 11.6 Å². The second-order valence-corrected chi connectivity index (χ2v) is 12.7. The van der Waals surface area contributed by atoms with Crippen LogP contribution in [0.1, 0.15) is 64.9 Å². The lowest BCUT2D eigenvalue weighted by Crippen LogP contribution is -2.61. The molecule has 1 aliphatic carbocycles. The number of hydrogen-bond donors (Lipinski definition) is 0. The van der Waals surface area contributed by atoms with Crippen molar-refractivity contribution in [3.05, 3.63) is 34.9 Å². The number of carbonyl (C=O) groups excluding carboxylic acids is 2. The van der Waals surface area contributed by atoms with Gasteiger partial charge in [0, 0.05) is 23.5 Å². The maximum absolute atomic E-state index is 13.6. The third kappa shape index (κ3) is 6.90. The van der Waals surface area contributed by atoms with Crippen molar-refractivity contribution in [3.8, 4) is 6.07 Å². The molecule has 3 aliphatic rings. The van der Waals surface area contributed by atoms with Crippen molar-refractivity contribution in [2.45, 2.75) is 94.9 Å². The molecule has 9 heteroatoms. The summed E-state index contributed by atoms with van der Waals surface area (Å²) in [5.74, 6) is -0.128. The summed E-state index contributed by atoms with van der Waals surface area (Å²) in [6.45, 7) is 6.60. The zero-order valence-electron chi connectivity index (χ0n) is 21.9. The predicted molar refractivity (Wildman–Crippen MR) is 143 cm³/mol. The number of alkyl halides is 1. The van der Waals surface area contributed by atoms with Crippen molar-refractivity contribution >= 4 is 35.2 Å². The fourth-order valence-corrected chi connectivity index (χ4v) is 6.13. The number of halogens is 2. The van der Waals surface area contributed by atoms with Crippen molar-refractivity contribution in [3.63, 3.8) is 0 Å². The Labute approximate surface area is 230 Å². The molecule has 0 N–H and O–H groups in total. The van der Waals surface area contributed by atoms with E-state index in [1.165, 1.54) is 0 Å². The van der Waals surface area contributed by atoms with E-state index in [1.807, 2.05) is 45.0 Å². The number of likely N-dealkylation sites (tertiary alicyclic amines) is 1. The van der Waals surface area contributed by atoms with Crippen LogP contribution in [0.4, 0.5) is 4.79 Å². The van der Waals surface area contributed by atoms with Gasteiger partial charge in [-0.3, -0.25) is 9.69 Å². The number of nitrogens with zero attached hydrogens (tertiary/aromatic N) is 3. The molecule has 1 aromatic carbocycles. The molecule has 4 rings (SSSR count). The lowest BCUT2D eigenvalue weighted by atomic mass is 9.75. The molecule has 2 aliphatic heterocycles. The van der Waals surface area contributed by atoms with Crippen LogP contribution in [0.5, 0.6) is 0 Å². The topological polar surface area (TPSA) is 82.9 Å². The van der Waals surface area contributed by atoms with E-state index in [0.717, 1.165) is 24.8 Å². The van der Waals surface area contributed by atoms with E-state index >= 15 is 0 Å². The molecule has 37 heavy (non-hydrogen) atoms. The normalized spacial score (nSPS) is 28.0. The summed E-state index contributed by atoms with van der Waals surface area (Å²) in [5, 5.41) is 10.6. The summed E-state index contributed by atoms with van der Waals surface area (Å²) in [6.07, 6.45) is 3.45. The number of ether oxygens (including phenoxy) is 2. The predicted octanol–water partition coefficient (Wildman–Crippen LogP) is 5.57. The number of benzene rings is 1. The number of piperidine rings is 1. The van der Waals surface area contributed by atoms with Crippen LogP contribution in [0.2, 0.25) is 5.02 Å². The van der Waals surface area contributed by atoms with Crippen molar-refractivity contribution in [1.29, 1.82) is 5.26 Å². The molecule has 0 spiro atoms. The Hall–Kier alpha value is -2.01. The second-order valence-electron chi connectivity index (χ2n) is 11.6. The maximum atomic E-state index is 13.6. The van der Waals surface area contributed by atoms with Crippen molar-refractivity contribution < 1.29 is 19.1 Å². The first-order valence-electron chi connectivity index (χ1n) is 13.2. The summed E-state index contributed by atoms with van der Waals surface area (Å²) in [5.41, 5.74) is -0.110. The minimum atomic E-state index is -0.758. The Kier molecular flexibility index (Phi) is 8.62. The molecule has 4 unspecified atom stereocenters. The van der Waals surface area contributed by atoms with Crippen molar-refractivity contribution in [2.24, 2.45) is 5.41 Å². The third-order valence-corrected chi connectivity index (χ3v) is 8.31. The lowest BCUT2D eigenvalue weighted by molar-refractivity contribution is -0.166. The first kappa shape index (κ1) is 28.0. The minimum Gasteiger partial charge on any atom is -0.444 e. The van der Waals surface area contributed by atoms with Crippen LogP contribution in [0.3, 0.4) is 0 Å². The molecule has 1 aromatic rings. The first-order chi connectivity index (χ1) is 17.5. The summed E-state index contributed by atoms with van der Waals surface area (Å²) in [7, 11) is 0. The van der Waals surface area contributed by atoms with Gasteiger partial charge in [0.05, 0.1) is 30.2 Å². The summed E-state index contributed by atoms with van der Waals surface area (Å²) in [4.78, 5) is 30.3. The molecule has 0 radical (unpaired) electrons. The Bertz CT molecular complexity index is 1010. The molecule has 7 nitrogen and oxygen atoms in total. The van der Waals surface area contributed by atoms with Gasteiger partial charge in [0.25, 0.3) is 5.91 Å². The standard InChI is InChI=1S/C28H37Cl2N3O4/c1-27(2,3)37-26(35)33-17-24(36-23-6-4-5-21(30)15-22(23)33)25(34)32-13-11-28(18-31,12-14-32)16-19-7-9-20(29)10-8-19/h7-10,21-24H,4-6,11-17H2,1-3H3. The SMILES string of the molecule is CC(C)(C)OC(=O)N1CC(C(=O)N2CCC(C#N)(Cc3ccc(Cl)cc3)CC2)OC2CCCC(Cl)CC21. The van der Waals surface area contributed by atoms with Crippen LogP contribution in [0.15, 0.2) is 24.3 Å². The van der Waals surface area contributed by atoms with Gasteiger partial charge in [-0.25, -0.2) is 4.79 Å². The molecule has 2 amide bonds. The van der Waals surface area contributed by atoms with Crippen LogP contribution < -0.4 is 0 Å². The highest BCUT2D eigenvalue weighted by molar-refractivity contribution is 6.30. The third-order valence-electron chi connectivity index (χ3n) is 7.66. The van der Waals surface area contributed by atoms with Gasteiger partial charge in [0.1, 0.15) is 5.60 Å². The van der Waals surface area contributed by atoms with E-state index in [9.17, 15) is 14.9 Å². The molecular formula is C28H37Cl2N3O4. The highest BCUT2D eigenvalue weighted by Gasteiger charge is 2.46. The zero-order chi connectivity index (χ0) is 26.8. The maximum Gasteiger partial charge on any atom is 0.410 e. The van der Waals surface area contributed by atoms with Crippen molar-refractivity contribution in [1.82, 2.24) is 9.80 Å². The molecule has 2 heterocycles. The van der Waals surface area contributed by atoms with Gasteiger partial charge in [0.15, 0.2) is 6.10 Å². The first-order valence-corrected chi connectivity index (χ1v) is 14.0. The zero-order valence-corrected chi connectivity index (χ0v) is 23.4. The van der Waals surface area contributed by atoms with Gasteiger partial charge in [-0.05, 0) is 83.4 Å². The fraction of sp³-hybridized carbons (Fsp3) is 0.679. The molecule has 202 valence electrons. The van der Waals surface area contributed by atoms with E-state index in [1.54, 1.807) is 9.80 Å². The fourth-order valence-electron chi connectivity index (χ4n) is 5.67. The average Bonchev–Trinajstić information content (AvgIpc) is 3.04. The number of fused-ring (bicyclic) bond motifs is 1. The molecule has 4 atom stereocenters. The Morgan fingerprint density at radius 3 is 2.49 bits per heavy atom. The molecule has 1 saturated carbocycles. The van der Waals surface area contributed by atoms with Crippen molar-refractivity contribution in [2.75, 3.05) is 19.6 Å². The van der Waals surface area contributed by atoms with Crippen LogP contribution in [0.25, 0.3) is 0 Å².